The quantitative estimate of drug-likeness (QED) is 0.626. The van der Waals surface area contributed by atoms with E-state index in [9.17, 15) is 0 Å². The van der Waals surface area contributed by atoms with E-state index >= 15 is 0 Å². The Morgan fingerprint density at radius 3 is 2.85 bits per heavy atom. The van der Waals surface area contributed by atoms with Gasteiger partial charge in [0.1, 0.15) is 12.7 Å². The maximum absolute atomic E-state index is 5.02. The van der Waals surface area contributed by atoms with Crippen LogP contribution >= 0.6 is 0 Å². The van der Waals surface area contributed by atoms with Gasteiger partial charge in [0.2, 0.25) is 5.69 Å². The Hall–Kier alpha value is -1.18. The third kappa shape index (κ3) is 3.28. The molecule has 2 heterocycles. The van der Waals surface area contributed by atoms with E-state index in [0.29, 0.717) is 0 Å². The first-order valence-corrected chi connectivity index (χ1v) is 8.37. The van der Waals surface area contributed by atoms with E-state index in [2.05, 4.69) is 29.9 Å². The Kier molecular flexibility index (Phi) is 4.49. The first-order valence-electron chi connectivity index (χ1n) is 8.37. The second-order valence-electron chi connectivity index (χ2n) is 6.54. The predicted molar refractivity (Wildman–Crippen MR) is 83.5 cm³/mol. The van der Waals surface area contributed by atoms with Crippen LogP contribution in [-0.2, 0) is 13.5 Å². The van der Waals surface area contributed by atoms with Crippen molar-refractivity contribution < 1.29 is 4.57 Å². The average Bonchev–Trinajstić information content (AvgIpc) is 2.45. The number of aliphatic imine (C=N–C) groups is 1. The van der Waals surface area contributed by atoms with Gasteiger partial charge >= 0.3 is 0 Å². The Morgan fingerprint density at radius 2 is 1.90 bits per heavy atom. The summed E-state index contributed by atoms with van der Waals surface area (Å²) in [6, 6.07) is 4.34. The van der Waals surface area contributed by atoms with E-state index < -0.39 is 0 Å². The van der Waals surface area contributed by atoms with E-state index in [4.69, 9.17) is 4.99 Å². The summed E-state index contributed by atoms with van der Waals surface area (Å²) in [6.45, 7) is 0. The van der Waals surface area contributed by atoms with Crippen LogP contribution in [0.2, 0.25) is 0 Å². The van der Waals surface area contributed by atoms with Crippen molar-refractivity contribution in [1.29, 1.82) is 0 Å². The summed E-state index contributed by atoms with van der Waals surface area (Å²) in [6.07, 6.45) is 15.5. The third-order valence-corrected chi connectivity index (χ3v) is 4.96. The molecule has 2 bridgehead atoms. The van der Waals surface area contributed by atoms with Crippen molar-refractivity contribution in [3.63, 3.8) is 0 Å². The van der Waals surface area contributed by atoms with Crippen molar-refractivity contribution in [2.75, 3.05) is 0 Å². The molecule has 108 valence electrons. The minimum absolute atomic E-state index is 0.853. The lowest BCUT2D eigenvalue weighted by Crippen LogP contribution is -2.34. The molecule has 1 aromatic heterocycles. The molecule has 2 aliphatic rings. The topological polar surface area (TPSA) is 16.2 Å². The lowest BCUT2D eigenvalue weighted by Gasteiger charge is -2.19. The second-order valence-corrected chi connectivity index (χ2v) is 6.54. The molecular weight excluding hydrogens is 244 g/mol. The monoisotopic (exact) mass is 271 g/mol. The molecule has 1 saturated carbocycles. The largest absolute Gasteiger partial charge is 0.251 e. The summed E-state index contributed by atoms with van der Waals surface area (Å²) in [7, 11) is 2.17. The molecule has 0 aromatic carbocycles. The average molecular weight is 271 g/mol. The molecule has 1 atom stereocenters. The Labute approximate surface area is 122 Å². The number of aryl methyl sites for hydroxylation is 1. The van der Waals surface area contributed by atoms with E-state index in [-0.39, 0.29) is 0 Å². The molecule has 1 fully saturated rings. The van der Waals surface area contributed by atoms with Gasteiger partial charge in [-0.1, -0.05) is 25.7 Å². The van der Waals surface area contributed by atoms with Gasteiger partial charge in [0, 0.05) is 18.2 Å². The van der Waals surface area contributed by atoms with Gasteiger partial charge in [-0.3, -0.25) is 4.99 Å². The van der Waals surface area contributed by atoms with Gasteiger partial charge in [0.05, 0.1) is 0 Å². The van der Waals surface area contributed by atoms with Crippen LogP contribution in [-0.4, -0.2) is 5.71 Å². The van der Waals surface area contributed by atoms with Crippen molar-refractivity contribution in [1.82, 2.24) is 0 Å². The fourth-order valence-corrected chi connectivity index (χ4v) is 3.67. The molecule has 0 radical (unpaired) electrons. The van der Waals surface area contributed by atoms with Crippen molar-refractivity contribution in [2.45, 2.75) is 64.2 Å². The molecule has 1 aliphatic heterocycles. The molecule has 20 heavy (non-hydrogen) atoms. The van der Waals surface area contributed by atoms with E-state index in [1.54, 1.807) is 0 Å². The maximum atomic E-state index is 5.02. The van der Waals surface area contributed by atoms with Gasteiger partial charge in [-0.2, -0.15) is 0 Å². The SMILES string of the molecule is C[n+]1cccc2c1CC1CCCCCCCC(=N2)CC1. The molecule has 0 spiro atoms. The van der Waals surface area contributed by atoms with Gasteiger partial charge in [-0.15, -0.1) is 0 Å². The lowest BCUT2D eigenvalue weighted by molar-refractivity contribution is -0.678. The van der Waals surface area contributed by atoms with Gasteiger partial charge in [-0.25, -0.2) is 4.57 Å². The van der Waals surface area contributed by atoms with Crippen LogP contribution in [0.5, 0.6) is 0 Å². The van der Waals surface area contributed by atoms with Crippen LogP contribution in [0.25, 0.3) is 0 Å². The van der Waals surface area contributed by atoms with Crippen LogP contribution in [0.15, 0.2) is 23.3 Å². The zero-order valence-corrected chi connectivity index (χ0v) is 12.8. The van der Waals surface area contributed by atoms with Crippen LogP contribution in [0.3, 0.4) is 0 Å². The summed E-state index contributed by atoms with van der Waals surface area (Å²) >= 11 is 0. The summed E-state index contributed by atoms with van der Waals surface area (Å²) in [5.74, 6) is 0.853. The molecule has 2 heteroatoms. The zero-order valence-electron chi connectivity index (χ0n) is 12.8. The first kappa shape index (κ1) is 13.8. The van der Waals surface area contributed by atoms with Crippen LogP contribution in [0.4, 0.5) is 5.69 Å². The molecule has 1 unspecified atom stereocenters. The van der Waals surface area contributed by atoms with Gasteiger partial charge < -0.3 is 0 Å². The summed E-state index contributed by atoms with van der Waals surface area (Å²) < 4.78 is 2.29. The number of nitrogens with zero attached hydrogens (tertiary/aromatic N) is 2. The number of hydrogen-bond donors (Lipinski definition) is 0. The molecule has 1 aliphatic carbocycles. The van der Waals surface area contributed by atoms with Crippen molar-refractivity contribution in [3.05, 3.63) is 24.0 Å². The van der Waals surface area contributed by atoms with Crippen molar-refractivity contribution in [3.8, 4) is 0 Å². The highest BCUT2D eigenvalue weighted by atomic mass is 14.9. The van der Waals surface area contributed by atoms with Crippen molar-refractivity contribution in [2.24, 2.45) is 18.0 Å². The Balaban J connectivity index is 1.96. The van der Waals surface area contributed by atoms with E-state index in [1.807, 2.05) is 0 Å². The molecule has 2 nitrogen and oxygen atoms in total. The highest BCUT2D eigenvalue weighted by Crippen LogP contribution is 2.29. The standard InChI is InChI=1S/C18H27N2/c1-20-13-7-10-17-18(20)14-15-8-5-3-2-4-6-9-16(19-17)12-11-15/h7,10,13,15H,2-6,8-9,11-12,14H2,1H3/q+1. The summed E-state index contributed by atoms with van der Waals surface area (Å²) in [4.78, 5) is 5.02. The zero-order chi connectivity index (χ0) is 13.8. The number of rotatable bonds is 0. The van der Waals surface area contributed by atoms with Gasteiger partial charge in [0.25, 0.3) is 0 Å². The lowest BCUT2D eigenvalue weighted by atomic mass is 9.89. The normalized spacial score (nSPS) is 24.1. The van der Waals surface area contributed by atoms with E-state index in [1.165, 1.54) is 81.3 Å². The summed E-state index contributed by atoms with van der Waals surface area (Å²) in [5, 5.41) is 0. The third-order valence-electron chi connectivity index (χ3n) is 4.96. The number of aromatic nitrogens is 1. The molecule has 0 amide bonds. The second kappa shape index (κ2) is 6.51. The first-order chi connectivity index (χ1) is 9.83. The minimum atomic E-state index is 0.853. The molecule has 0 N–H and O–H groups in total. The maximum Gasteiger partial charge on any atom is 0.207 e. The Morgan fingerprint density at radius 1 is 1.05 bits per heavy atom. The van der Waals surface area contributed by atoms with E-state index in [0.717, 1.165) is 5.92 Å². The van der Waals surface area contributed by atoms with Crippen molar-refractivity contribution >= 4 is 11.4 Å². The van der Waals surface area contributed by atoms with Crippen LogP contribution in [0, 0.1) is 5.92 Å². The smallest absolute Gasteiger partial charge is 0.207 e. The predicted octanol–water partition coefficient (Wildman–Crippen LogP) is 4.28. The highest BCUT2D eigenvalue weighted by Gasteiger charge is 2.22. The summed E-state index contributed by atoms with van der Waals surface area (Å²) in [5.41, 5.74) is 4.12. The fraction of sp³-hybridized carbons (Fsp3) is 0.667. The Bertz CT molecular complexity index is 490. The fourth-order valence-electron chi connectivity index (χ4n) is 3.67. The number of hydrogen-bond acceptors (Lipinski definition) is 1. The van der Waals surface area contributed by atoms with Crippen LogP contribution in [0.1, 0.15) is 63.5 Å². The highest BCUT2D eigenvalue weighted by molar-refractivity contribution is 5.87. The van der Waals surface area contributed by atoms with Gasteiger partial charge in [0.15, 0.2) is 6.20 Å². The molecule has 0 saturated heterocycles. The number of fused-ring (bicyclic) bond motifs is 4. The van der Waals surface area contributed by atoms with Crippen LogP contribution < -0.4 is 4.57 Å². The minimum Gasteiger partial charge on any atom is -0.251 e. The molecule has 3 rings (SSSR count). The number of pyridine rings is 1. The van der Waals surface area contributed by atoms with Gasteiger partial charge in [-0.05, 0) is 44.1 Å². The molecule has 1 aromatic rings. The molecular formula is C18H27N2+.